The van der Waals surface area contributed by atoms with Gasteiger partial charge in [-0.15, -0.1) is 0 Å². The molecule has 0 fully saturated rings. The van der Waals surface area contributed by atoms with Gasteiger partial charge < -0.3 is 5.32 Å². The normalized spacial score (nSPS) is 10.9. The second-order valence-corrected chi connectivity index (χ2v) is 5.49. The molecule has 0 spiro atoms. The molecule has 0 atom stereocenters. The Morgan fingerprint density at radius 1 is 1.00 bits per heavy atom. The van der Waals surface area contributed by atoms with Crippen molar-refractivity contribution in [2.75, 3.05) is 5.32 Å². The van der Waals surface area contributed by atoms with E-state index in [1.165, 1.54) is 6.33 Å². The van der Waals surface area contributed by atoms with Crippen LogP contribution in [0.15, 0.2) is 60.9 Å². The van der Waals surface area contributed by atoms with Gasteiger partial charge in [0.25, 0.3) is 0 Å². The van der Waals surface area contributed by atoms with Gasteiger partial charge in [0.2, 0.25) is 5.82 Å². The van der Waals surface area contributed by atoms with Crippen molar-refractivity contribution >= 4 is 38.9 Å². The van der Waals surface area contributed by atoms with Crippen LogP contribution in [-0.2, 0) is 0 Å². The zero-order valence-corrected chi connectivity index (χ0v) is 12.8. The number of nitrogens with one attached hydrogen (secondary N) is 1. The second-order valence-electron chi connectivity index (χ2n) is 5.49. The molecule has 1 heterocycles. The molecule has 0 aliphatic carbocycles. The third-order valence-corrected chi connectivity index (χ3v) is 3.91. The topological polar surface area (TPSA) is 81.0 Å². The van der Waals surface area contributed by atoms with Crippen molar-refractivity contribution in [3.63, 3.8) is 0 Å². The highest BCUT2D eigenvalue weighted by atomic mass is 19.1. The fourth-order valence-corrected chi connectivity index (χ4v) is 2.71. The molecule has 0 saturated carbocycles. The monoisotopic (exact) mass is 334 g/mol. The number of nitrogens with zero attached hydrogens (tertiary/aromatic N) is 3. The maximum absolute atomic E-state index is 13.8. The fraction of sp³-hybridized carbons (Fsp3) is 0. The van der Waals surface area contributed by atoms with E-state index in [9.17, 15) is 14.5 Å². The summed E-state index contributed by atoms with van der Waals surface area (Å²) >= 11 is 0. The van der Waals surface area contributed by atoms with Crippen molar-refractivity contribution in [1.82, 2.24) is 9.97 Å². The van der Waals surface area contributed by atoms with Crippen LogP contribution < -0.4 is 5.32 Å². The average Bonchev–Trinajstić information content (AvgIpc) is 2.61. The summed E-state index contributed by atoms with van der Waals surface area (Å²) in [4.78, 5) is 18.3. The van der Waals surface area contributed by atoms with Gasteiger partial charge in [-0.05, 0) is 22.9 Å². The van der Waals surface area contributed by atoms with Crippen LogP contribution in [0.4, 0.5) is 21.6 Å². The van der Waals surface area contributed by atoms with E-state index in [-0.39, 0.29) is 0 Å². The molecule has 0 amide bonds. The number of hydrogen-bond donors (Lipinski definition) is 1. The Balaban J connectivity index is 1.82. The number of fused-ring (bicyclic) bond motifs is 2. The van der Waals surface area contributed by atoms with E-state index in [1.54, 1.807) is 0 Å². The standard InChI is InChI=1S/C18H11FN4O2/c19-15-9-16-14(8-17(15)23(24)25)18(21-10-20-16)22-13-6-5-11-3-1-2-4-12(11)7-13/h1-10H,(H,20,21,22). The molecular weight excluding hydrogens is 323 g/mol. The lowest BCUT2D eigenvalue weighted by atomic mass is 10.1. The first-order chi connectivity index (χ1) is 12.1. The lowest BCUT2D eigenvalue weighted by Gasteiger charge is -2.09. The van der Waals surface area contributed by atoms with E-state index in [2.05, 4.69) is 15.3 Å². The maximum atomic E-state index is 13.8. The summed E-state index contributed by atoms with van der Waals surface area (Å²) in [7, 11) is 0. The summed E-state index contributed by atoms with van der Waals surface area (Å²) in [5.41, 5.74) is 0.455. The number of anilines is 2. The highest BCUT2D eigenvalue weighted by Crippen LogP contribution is 2.29. The van der Waals surface area contributed by atoms with E-state index in [1.807, 2.05) is 42.5 Å². The van der Waals surface area contributed by atoms with Crippen LogP contribution >= 0.6 is 0 Å². The average molecular weight is 334 g/mol. The third-order valence-electron chi connectivity index (χ3n) is 3.91. The first-order valence-electron chi connectivity index (χ1n) is 7.46. The predicted octanol–water partition coefficient (Wildman–Crippen LogP) is 4.57. The van der Waals surface area contributed by atoms with Crippen LogP contribution in [0.3, 0.4) is 0 Å². The number of hydrogen-bond acceptors (Lipinski definition) is 5. The van der Waals surface area contributed by atoms with Crippen molar-refractivity contribution < 1.29 is 9.31 Å². The number of nitro benzene ring substituents is 1. The van der Waals surface area contributed by atoms with Crippen molar-refractivity contribution in [3.05, 3.63) is 76.9 Å². The molecule has 122 valence electrons. The lowest BCUT2D eigenvalue weighted by Crippen LogP contribution is -1.99. The molecule has 4 aromatic rings. The Hall–Kier alpha value is -3.61. The minimum Gasteiger partial charge on any atom is -0.340 e. The molecule has 1 aromatic heterocycles. The van der Waals surface area contributed by atoms with E-state index in [0.717, 1.165) is 28.6 Å². The second kappa shape index (κ2) is 5.79. The zero-order chi connectivity index (χ0) is 17.4. The highest BCUT2D eigenvalue weighted by molar-refractivity contribution is 5.93. The quantitative estimate of drug-likeness (QED) is 0.438. The predicted molar refractivity (Wildman–Crippen MR) is 93.4 cm³/mol. The van der Waals surface area contributed by atoms with Gasteiger partial charge in [0.1, 0.15) is 12.1 Å². The number of nitro groups is 1. The van der Waals surface area contributed by atoms with Crippen molar-refractivity contribution in [2.45, 2.75) is 0 Å². The molecule has 7 heteroatoms. The van der Waals surface area contributed by atoms with Gasteiger partial charge in [-0.3, -0.25) is 10.1 Å². The summed E-state index contributed by atoms with van der Waals surface area (Å²) in [6.07, 6.45) is 1.29. The van der Waals surface area contributed by atoms with Gasteiger partial charge in [0.15, 0.2) is 0 Å². The molecule has 0 radical (unpaired) electrons. The fourth-order valence-electron chi connectivity index (χ4n) is 2.71. The Labute approximate surface area is 141 Å². The summed E-state index contributed by atoms with van der Waals surface area (Å²) in [6, 6.07) is 15.9. The summed E-state index contributed by atoms with van der Waals surface area (Å²) in [5.74, 6) is -0.545. The summed E-state index contributed by atoms with van der Waals surface area (Å²) in [6.45, 7) is 0. The molecule has 0 aliphatic heterocycles. The van der Waals surface area contributed by atoms with E-state index in [0.29, 0.717) is 16.7 Å². The Kier molecular flexibility index (Phi) is 3.46. The first kappa shape index (κ1) is 14.9. The lowest BCUT2D eigenvalue weighted by molar-refractivity contribution is -0.387. The Morgan fingerprint density at radius 3 is 2.60 bits per heavy atom. The van der Waals surface area contributed by atoms with Crippen molar-refractivity contribution in [1.29, 1.82) is 0 Å². The van der Waals surface area contributed by atoms with Gasteiger partial charge >= 0.3 is 5.69 Å². The van der Waals surface area contributed by atoms with Crippen molar-refractivity contribution in [2.24, 2.45) is 0 Å². The Morgan fingerprint density at radius 2 is 1.80 bits per heavy atom. The number of benzene rings is 3. The molecule has 0 unspecified atom stereocenters. The van der Waals surface area contributed by atoms with E-state index >= 15 is 0 Å². The van der Waals surface area contributed by atoms with Gasteiger partial charge in [-0.25, -0.2) is 9.97 Å². The first-order valence-corrected chi connectivity index (χ1v) is 7.46. The van der Waals surface area contributed by atoms with Crippen LogP contribution in [0, 0.1) is 15.9 Å². The maximum Gasteiger partial charge on any atom is 0.305 e. The molecule has 0 saturated heterocycles. The number of aromatic nitrogens is 2. The molecule has 3 aromatic carbocycles. The summed E-state index contributed by atoms with van der Waals surface area (Å²) in [5, 5.41) is 16.6. The summed E-state index contributed by atoms with van der Waals surface area (Å²) < 4.78 is 13.8. The van der Waals surface area contributed by atoms with Crippen LogP contribution in [-0.4, -0.2) is 14.9 Å². The van der Waals surface area contributed by atoms with Crippen LogP contribution in [0.5, 0.6) is 0 Å². The molecule has 25 heavy (non-hydrogen) atoms. The molecule has 0 bridgehead atoms. The zero-order valence-electron chi connectivity index (χ0n) is 12.8. The van der Waals surface area contributed by atoms with Gasteiger partial charge in [-0.2, -0.15) is 4.39 Å². The highest BCUT2D eigenvalue weighted by Gasteiger charge is 2.17. The Bertz CT molecular complexity index is 1130. The number of rotatable bonds is 3. The van der Waals surface area contributed by atoms with Gasteiger partial charge in [0, 0.05) is 17.8 Å². The van der Waals surface area contributed by atoms with E-state index < -0.39 is 16.4 Å². The smallest absolute Gasteiger partial charge is 0.305 e. The molecule has 1 N–H and O–H groups in total. The van der Waals surface area contributed by atoms with Crippen LogP contribution in [0.25, 0.3) is 21.7 Å². The van der Waals surface area contributed by atoms with Gasteiger partial charge in [-0.1, -0.05) is 30.3 Å². The van der Waals surface area contributed by atoms with Crippen LogP contribution in [0.2, 0.25) is 0 Å². The molecule has 4 rings (SSSR count). The third kappa shape index (κ3) is 2.72. The molecule has 0 aliphatic rings. The number of halogens is 1. The molecule has 6 nitrogen and oxygen atoms in total. The minimum atomic E-state index is -0.923. The van der Waals surface area contributed by atoms with Crippen molar-refractivity contribution in [3.8, 4) is 0 Å². The van der Waals surface area contributed by atoms with E-state index in [4.69, 9.17) is 0 Å². The molecular formula is C18H11FN4O2. The minimum absolute atomic E-state index is 0.293. The SMILES string of the molecule is O=[N+]([O-])c1cc2c(Nc3ccc4ccccc4c3)ncnc2cc1F. The van der Waals surface area contributed by atoms with Crippen LogP contribution in [0.1, 0.15) is 0 Å². The largest absolute Gasteiger partial charge is 0.340 e. The van der Waals surface area contributed by atoms with Gasteiger partial charge in [0.05, 0.1) is 15.8 Å².